The van der Waals surface area contributed by atoms with Gasteiger partial charge in [0.25, 0.3) is 0 Å². The van der Waals surface area contributed by atoms with Crippen molar-refractivity contribution in [3.8, 4) is 23.0 Å². The second-order valence-electron chi connectivity index (χ2n) is 21.9. The first-order valence-corrected chi connectivity index (χ1v) is 25.5. The monoisotopic (exact) mass is 958 g/mol. The van der Waals surface area contributed by atoms with Crippen molar-refractivity contribution in [3.05, 3.63) is 92.0 Å². The maximum Gasteiger partial charge on any atom is 0.315 e. The zero-order chi connectivity index (χ0) is 46.2. The van der Waals surface area contributed by atoms with E-state index in [2.05, 4.69) is 9.80 Å². The molecular weight excluding hydrogens is 908 g/mol. The summed E-state index contributed by atoms with van der Waals surface area (Å²) in [7, 11) is 0. The minimum Gasteiger partial charge on any atom is -0.477 e. The van der Waals surface area contributed by atoms with Crippen molar-refractivity contribution in [2.45, 2.75) is 136 Å². The Morgan fingerprint density at radius 1 is 0.618 bits per heavy atom. The number of nitrogens with zero attached hydrogens (tertiary/aromatic N) is 2. The number of esters is 2. The van der Waals surface area contributed by atoms with E-state index >= 15 is 0 Å². The van der Waals surface area contributed by atoms with Gasteiger partial charge in [0.05, 0.1) is 44.9 Å². The number of ketones is 2. The number of likely N-dealkylation sites (tertiary alicyclic amines) is 2. The third kappa shape index (κ3) is 5.64. The lowest BCUT2D eigenvalue weighted by Crippen LogP contribution is -2.76. The van der Waals surface area contributed by atoms with Crippen molar-refractivity contribution in [2.24, 2.45) is 11.8 Å². The summed E-state index contributed by atoms with van der Waals surface area (Å²) in [6, 6.07) is 14.2. The fraction of sp³-hybridized carbons (Fsp3) is 0.519. The van der Waals surface area contributed by atoms with Crippen molar-refractivity contribution in [2.75, 3.05) is 26.2 Å². The molecule has 2 saturated heterocycles. The predicted molar refractivity (Wildman–Crippen MR) is 249 cm³/mol. The molecule has 4 aromatic rings. The van der Waals surface area contributed by atoms with Gasteiger partial charge in [-0.25, -0.2) is 0 Å². The molecule has 4 heterocycles. The maximum atomic E-state index is 13.8. The van der Waals surface area contributed by atoms with E-state index in [0.717, 1.165) is 48.4 Å². The lowest BCUT2D eigenvalue weighted by Gasteiger charge is -2.62. The number of rotatable bonds is 10. The zero-order valence-corrected chi connectivity index (χ0v) is 39.1. The highest BCUT2D eigenvalue weighted by Crippen LogP contribution is 2.67. The number of carbonyl (C=O) groups excluding carboxylic acids is 4. The summed E-state index contributed by atoms with van der Waals surface area (Å²) in [5, 5.41) is 27.1. The van der Waals surface area contributed by atoms with E-state index in [1.807, 2.05) is 12.1 Å². The largest absolute Gasteiger partial charge is 0.477 e. The van der Waals surface area contributed by atoms with Gasteiger partial charge in [0, 0.05) is 59.9 Å². The van der Waals surface area contributed by atoms with Gasteiger partial charge in [0.15, 0.2) is 46.8 Å². The average molecular weight is 960 g/mol. The number of ether oxygens (including phenoxy) is 4. The van der Waals surface area contributed by atoms with Crippen LogP contribution in [0.3, 0.4) is 0 Å². The summed E-state index contributed by atoms with van der Waals surface area (Å²) in [5.41, 5.74) is 0.728. The molecule has 6 fully saturated rings. The summed E-state index contributed by atoms with van der Waals surface area (Å²) in [6.45, 7) is 3.48. The van der Waals surface area contributed by atoms with Gasteiger partial charge in [0.2, 0.25) is 0 Å². The summed E-state index contributed by atoms with van der Waals surface area (Å²) in [5.74, 6) is 1.36. The molecule has 4 aromatic carbocycles. The molecule has 10 aliphatic rings. The Morgan fingerprint density at radius 3 is 1.46 bits per heavy atom. The van der Waals surface area contributed by atoms with Gasteiger partial charge in [-0.15, -0.1) is 0 Å². The van der Waals surface area contributed by atoms with Crippen molar-refractivity contribution in [1.82, 2.24) is 9.80 Å². The molecule has 6 aliphatic carbocycles. The summed E-state index contributed by atoms with van der Waals surface area (Å²) < 4.78 is 25.1. The van der Waals surface area contributed by atoms with Crippen LogP contribution in [0.25, 0.3) is 10.8 Å². The summed E-state index contributed by atoms with van der Waals surface area (Å²) >= 11 is 14.0. The number of hydrogen-bond donors (Lipinski definition) is 2. The Bertz CT molecular complexity index is 2770. The Kier molecular flexibility index (Phi) is 9.03. The molecule has 14 heteroatoms. The lowest BCUT2D eigenvalue weighted by atomic mass is 9.49. The van der Waals surface area contributed by atoms with Crippen LogP contribution in [0.5, 0.6) is 23.0 Å². The number of fused-ring (bicyclic) bond motifs is 1. The normalized spacial score (nSPS) is 33.7. The van der Waals surface area contributed by atoms with E-state index in [1.165, 1.54) is 25.7 Å². The van der Waals surface area contributed by atoms with Crippen LogP contribution in [0.1, 0.15) is 97.6 Å². The van der Waals surface area contributed by atoms with Crippen LogP contribution in [0, 0.1) is 11.8 Å². The van der Waals surface area contributed by atoms with Crippen molar-refractivity contribution >= 4 is 57.5 Å². The van der Waals surface area contributed by atoms with E-state index < -0.39 is 46.2 Å². The molecule has 0 radical (unpaired) electrons. The first-order chi connectivity index (χ1) is 32.8. The standard InChI is InChI=1S/C54H52Cl2N2O10/c55-45-31(23-41(61)65-37-11-7-29-21-39-53(63)15-13-35(59)49-51(53,43(29)47(37)67-49)17-19-57(39)25-27-1-2-27)5-9-34-33(45)10-6-32(46(34)56)24-42(62)66-38-12-8-30-22-40-54(64)16-14-36(60)50-52(54,44(30)48(38)68-50)18-20-58(40)26-28-3-4-28/h5-12,27-28,39-40,49-50,63-64H,1-4,13-26H2/t39-,40-,49+,50+,51+,52+,53-,54-/m1/s1. The number of piperidine rings is 2. The number of Topliss-reactive ketones (excluding diaryl/α,β-unsaturated/α-hetero) is 2. The molecule has 0 unspecified atom stereocenters. The van der Waals surface area contributed by atoms with Crippen molar-refractivity contribution in [1.29, 1.82) is 0 Å². The van der Waals surface area contributed by atoms with Crippen molar-refractivity contribution in [3.63, 3.8) is 0 Å². The highest BCUT2D eigenvalue weighted by Gasteiger charge is 2.75. The molecule has 4 aliphatic heterocycles. The Hall–Kier alpha value is -4.56. The lowest BCUT2D eigenvalue weighted by molar-refractivity contribution is -0.188. The van der Waals surface area contributed by atoms with Crippen LogP contribution >= 0.6 is 23.2 Å². The molecule has 2 spiro atoms. The van der Waals surface area contributed by atoms with Crippen molar-refractivity contribution < 1.29 is 48.3 Å². The molecule has 12 nitrogen and oxygen atoms in total. The van der Waals surface area contributed by atoms with Gasteiger partial charge in [-0.1, -0.05) is 59.6 Å². The third-order valence-electron chi connectivity index (χ3n) is 18.4. The number of aliphatic hydroxyl groups is 2. The number of carbonyl (C=O) groups is 4. The van der Waals surface area contributed by atoms with Gasteiger partial charge in [-0.2, -0.15) is 0 Å². The number of halogens is 2. The smallest absolute Gasteiger partial charge is 0.315 e. The minimum absolute atomic E-state index is 0.0258. The van der Waals surface area contributed by atoms with Crippen LogP contribution in [-0.2, 0) is 55.7 Å². The fourth-order valence-corrected chi connectivity index (χ4v) is 15.6. The summed E-state index contributed by atoms with van der Waals surface area (Å²) in [6.07, 6.45) is 6.64. The molecule has 68 heavy (non-hydrogen) atoms. The highest BCUT2D eigenvalue weighted by molar-refractivity contribution is 6.40. The van der Waals surface area contributed by atoms with Gasteiger partial charge in [0.1, 0.15) is 0 Å². The quantitative estimate of drug-likeness (QED) is 0.129. The van der Waals surface area contributed by atoms with Crippen LogP contribution in [0.2, 0.25) is 10.0 Å². The Morgan fingerprint density at radius 2 is 1.04 bits per heavy atom. The molecule has 0 amide bonds. The van der Waals surface area contributed by atoms with E-state index in [1.54, 1.807) is 36.4 Å². The SMILES string of the molecule is O=C(Cc1ccc2c(Cl)c(CC(=O)Oc3ccc4c5c3O[C@H]3C(=O)CC[C@@]6(O)[C@@H](C4)N(CC4CC4)CC[C@]536)ccc2c1Cl)Oc1ccc2c3c1O[C@H]1C(=O)CC[C@@]4(O)[C@@H](C2)N(CC2CC2)CC[C@]314. The number of hydrogen-bond acceptors (Lipinski definition) is 12. The van der Waals surface area contributed by atoms with Gasteiger partial charge in [-0.3, -0.25) is 29.0 Å². The molecule has 8 atom stereocenters. The van der Waals surface area contributed by atoms with E-state index in [4.69, 9.17) is 42.1 Å². The second-order valence-corrected chi connectivity index (χ2v) is 22.6. The molecule has 352 valence electrons. The second kappa shape index (κ2) is 14.5. The number of benzene rings is 4. The highest BCUT2D eigenvalue weighted by atomic mass is 35.5. The molecule has 4 bridgehead atoms. The predicted octanol–water partition coefficient (Wildman–Crippen LogP) is 6.71. The van der Waals surface area contributed by atoms with E-state index in [-0.39, 0.29) is 60.8 Å². The van der Waals surface area contributed by atoms with Gasteiger partial charge < -0.3 is 29.2 Å². The molecule has 2 N–H and O–H groups in total. The first kappa shape index (κ1) is 42.3. The topological polar surface area (TPSA) is 152 Å². The Balaban J connectivity index is 0.696. The maximum absolute atomic E-state index is 13.8. The third-order valence-corrected chi connectivity index (χ3v) is 19.3. The molecule has 14 rings (SSSR count). The Labute approximate surface area is 403 Å². The van der Waals surface area contributed by atoms with Gasteiger partial charge in [-0.05, 0) is 124 Å². The van der Waals surface area contributed by atoms with Crippen LogP contribution in [0.15, 0.2) is 48.5 Å². The average Bonchev–Trinajstić information content (AvgIpc) is 4.25. The van der Waals surface area contributed by atoms with E-state index in [9.17, 15) is 29.4 Å². The molecular formula is C54H52Cl2N2O10. The summed E-state index contributed by atoms with van der Waals surface area (Å²) in [4.78, 5) is 59.6. The van der Waals surface area contributed by atoms with Crippen LogP contribution in [0.4, 0.5) is 0 Å². The van der Waals surface area contributed by atoms with Crippen LogP contribution < -0.4 is 18.9 Å². The molecule has 4 saturated carbocycles. The zero-order valence-electron chi connectivity index (χ0n) is 37.6. The fourth-order valence-electron chi connectivity index (χ4n) is 15.0. The van der Waals surface area contributed by atoms with Gasteiger partial charge >= 0.3 is 11.9 Å². The molecule has 0 aromatic heterocycles. The first-order valence-electron chi connectivity index (χ1n) is 24.8. The van der Waals surface area contributed by atoms with Crippen LogP contribution in [-0.4, -0.2) is 105 Å². The minimum atomic E-state index is -1.12. The van der Waals surface area contributed by atoms with E-state index in [0.29, 0.717) is 93.8 Å².